The summed E-state index contributed by atoms with van der Waals surface area (Å²) >= 11 is 6.09. The lowest BCUT2D eigenvalue weighted by Gasteiger charge is -2.35. The van der Waals surface area contributed by atoms with Gasteiger partial charge in [0.15, 0.2) is 0 Å². The molecule has 1 saturated heterocycles. The van der Waals surface area contributed by atoms with Gasteiger partial charge in [0.1, 0.15) is 24.7 Å². The van der Waals surface area contributed by atoms with Crippen molar-refractivity contribution in [2.24, 2.45) is 5.92 Å². The van der Waals surface area contributed by atoms with E-state index in [2.05, 4.69) is 12.1 Å². The first-order valence-electron chi connectivity index (χ1n) is 9.79. The van der Waals surface area contributed by atoms with Crippen molar-refractivity contribution in [3.8, 4) is 11.5 Å². The molecule has 6 heteroatoms. The molecule has 2 aromatic carbocycles. The Morgan fingerprint density at radius 1 is 1.21 bits per heavy atom. The van der Waals surface area contributed by atoms with Crippen molar-refractivity contribution >= 4 is 17.5 Å². The smallest absolute Gasteiger partial charge is 0.229 e. The van der Waals surface area contributed by atoms with Crippen LogP contribution in [0.4, 0.5) is 0 Å². The van der Waals surface area contributed by atoms with Crippen LogP contribution in [0.25, 0.3) is 0 Å². The maximum Gasteiger partial charge on any atom is 0.229 e. The van der Waals surface area contributed by atoms with Gasteiger partial charge in [0.05, 0.1) is 39.2 Å². The maximum absolute atomic E-state index is 13.0. The minimum atomic E-state index is -0.117. The Labute approximate surface area is 170 Å². The first-order chi connectivity index (χ1) is 13.6. The second kappa shape index (κ2) is 8.41. The second-order valence-electron chi connectivity index (χ2n) is 7.56. The zero-order valence-corrected chi connectivity index (χ0v) is 16.9. The summed E-state index contributed by atoms with van der Waals surface area (Å²) in [5, 5.41) is 0.686. The summed E-state index contributed by atoms with van der Waals surface area (Å²) in [4.78, 5) is 16.5. The summed E-state index contributed by atoms with van der Waals surface area (Å²) in [6, 6.07) is 13.9. The predicted molar refractivity (Wildman–Crippen MR) is 108 cm³/mol. The van der Waals surface area contributed by atoms with E-state index in [4.69, 9.17) is 21.1 Å². The maximum atomic E-state index is 13.0. The summed E-state index contributed by atoms with van der Waals surface area (Å²) in [5.41, 5.74) is 2.32. The molecule has 0 unspecified atom stereocenters. The van der Waals surface area contributed by atoms with Gasteiger partial charge in [0, 0.05) is 10.6 Å². The highest BCUT2D eigenvalue weighted by Crippen LogP contribution is 2.30. The van der Waals surface area contributed by atoms with E-state index in [0.29, 0.717) is 18.1 Å². The van der Waals surface area contributed by atoms with Crippen molar-refractivity contribution in [3.63, 3.8) is 0 Å². The number of fused-ring (bicyclic) bond motifs is 1. The van der Waals surface area contributed by atoms with Gasteiger partial charge in [-0.05, 0) is 54.4 Å². The Morgan fingerprint density at radius 2 is 1.96 bits per heavy atom. The number of nitrogens with one attached hydrogen (secondary N) is 1. The summed E-state index contributed by atoms with van der Waals surface area (Å²) in [7, 11) is 1.68. The molecule has 1 fully saturated rings. The standard InChI is InChI=1S/C22H25ClN2O3/c1-27-20-5-2-16(3-6-20)14-24-8-10-25(11-9-24)22(26)18-12-17-13-19(23)4-7-21(17)28-15-18/h2-7,13,18H,8-12,14-15H2,1H3/p+1/t18-/m1/s1. The summed E-state index contributed by atoms with van der Waals surface area (Å²) < 4.78 is 11.0. The van der Waals surface area contributed by atoms with Gasteiger partial charge in [-0.15, -0.1) is 0 Å². The number of piperazine rings is 1. The number of hydrogen-bond donors (Lipinski definition) is 1. The minimum absolute atomic E-state index is 0.117. The van der Waals surface area contributed by atoms with Crippen LogP contribution in [-0.2, 0) is 17.8 Å². The third kappa shape index (κ3) is 4.26. The number of quaternary nitrogens is 1. The zero-order chi connectivity index (χ0) is 19.5. The number of carbonyl (C=O) groups is 1. The summed E-state index contributed by atoms with van der Waals surface area (Å²) in [6.45, 7) is 4.95. The molecule has 1 amide bonds. The van der Waals surface area contributed by atoms with Crippen LogP contribution in [-0.4, -0.2) is 50.7 Å². The number of nitrogens with zero attached hydrogens (tertiary/aromatic N) is 1. The lowest BCUT2D eigenvalue weighted by atomic mass is 9.95. The topological polar surface area (TPSA) is 43.2 Å². The molecule has 2 aromatic rings. The van der Waals surface area contributed by atoms with E-state index in [0.717, 1.165) is 49.8 Å². The summed E-state index contributed by atoms with van der Waals surface area (Å²) in [6.07, 6.45) is 0.702. The average Bonchev–Trinajstić information content (AvgIpc) is 2.74. The van der Waals surface area contributed by atoms with Crippen LogP contribution in [0.15, 0.2) is 42.5 Å². The van der Waals surface area contributed by atoms with E-state index in [1.165, 1.54) is 10.5 Å². The molecule has 0 aliphatic carbocycles. The lowest BCUT2D eigenvalue weighted by Crippen LogP contribution is -3.13. The number of carbonyl (C=O) groups excluding carboxylic acids is 1. The Bertz CT molecular complexity index is 832. The van der Waals surface area contributed by atoms with Gasteiger partial charge in [-0.3, -0.25) is 4.79 Å². The van der Waals surface area contributed by atoms with Crippen molar-refractivity contribution in [1.82, 2.24) is 4.90 Å². The Kier molecular flexibility index (Phi) is 5.74. The molecule has 28 heavy (non-hydrogen) atoms. The van der Waals surface area contributed by atoms with E-state index in [9.17, 15) is 4.79 Å². The average molecular weight is 402 g/mol. The molecule has 2 heterocycles. The van der Waals surface area contributed by atoms with Gasteiger partial charge in [0.25, 0.3) is 0 Å². The normalized spacial score (nSPS) is 19.6. The Hall–Kier alpha value is -2.24. The molecule has 148 valence electrons. The molecule has 0 radical (unpaired) electrons. The van der Waals surface area contributed by atoms with Crippen LogP contribution in [0.1, 0.15) is 11.1 Å². The molecule has 1 N–H and O–H groups in total. The van der Waals surface area contributed by atoms with Crippen molar-refractivity contribution in [2.45, 2.75) is 13.0 Å². The molecule has 2 aliphatic heterocycles. The first-order valence-corrected chi connectivity index (χ1v) is 10.2. The number of amides is 1. The fourth-order valence-electron chi connectivity index (χ4n) is 4.03. The number of hydrogen-bond acceptors (Lipinski definition) is 3. The van der Waals surface area contributed by atoms with Crippen LogP contribution in [0.2, 0.25) is 5.02 Å². The molecule has 2 aliphatic rings. The molecule has 0 saturated carbocycles. The van der Waals surface area contributed by atoms with Gasteiger partial charge in [-0.1, -0.05) is 11.6 Å². The highest BCUT2D eigenvalue weighted by atomic mass is 35.5. The van der Waals surface area contributed by atoms with E-state index in [1.54, 1.807) is 7.11 Å². The lowest BCUT2D eigenvalue weighted by molar-refractivity contribution is -0.917. The zero-order valence-electron chi connectivity index (χ0n) is 16.1. The van der Waals surface area contributed by atoms with E-state index >= 15 is 0 Å². The van der Waals surface area contributed by atoms with Crippen LogP contribution in [0, 0.1) is 5.92 Å². The third-order valence-electron chi connectivity index (χ3n) is 5.67. The van der Waals surface area contributed by atoms with Gasteiger partial charge in [-0.2, -0.15) is 0 Å². The molecular formula is C22H26ClN2O3+. The van der Waals surface area contributed by atoms with E-state index in [-0.39, 0.29) is 11.8 Å². The second-order valence-corrected chi connectivity index (χ2v) is 8.00. The number of ether oxygens (including phenoxy) is 2. The third-order valence-corrected chi connectivity index (χ3v) is 5.91. The Morgan fingerprint density at radius 3 is 2.68 bits per heavy atom. The molecule has 0 aromatic heterocycles. The SMILES string of the molecule is COc1ccc(C[NH+]2CCN(C(=O)[C@H]3COc4ccc(Cl)cc4C3)CC2)cc1. The van der Waals surface area contributed by atoms with Crippen LogP contribution in [0.3, 0.4) is 0 Å². The molecule has 1 atom stereocenters. The fourth-order valence-corrected chi connectivity index (χ4v) is 4.23. The van der Waals surface area contributed by atoms with Crippen molar-refractivity contribution in [3.05, 3.63) is 58.6 Å². The van der Waals surface area contributed by atoms with Crippen molar-refractivity contribution in [2.75, 3.05) is 39.9 Å². The molecule has 0 bridgehead atoms. The van der Waals surface area contributed by atoms with Crippen LogP contribution >= 0.6 is 11.6 Å². The Balaban J connectivity index is 1.30. The van der Waals surface area contributed by atoms with Gasteiger partial charge < -0.3 is 19.3 Å². The number of benzene rings is 2. The van der Waals surface area contributed by atoms with E-state index < -0.39 is 0 Å². The van der Waals surface area contributed by atoms with Crippen molar-refractivity contribution < 1.29 is 19.2 Å². The molecule has 0 spiro atoms. The number of halogens is 1. The number of rotatable bonds is 4. The highest BCUT2D eigenvalue weighted by Gasteiger charge is 2.32. The molecule has 4 rings (SSSR count). The molecule has 5 nitrogen and oxygen atoms in total. The summed E-state index contributed by atoms with van der Waals surface area (Å²) in [5.74, 6) is 1.82. The van der Waals surface area contributed by atoms with Crippen LogP contribution < -0.4 is 14.4 Å². The van der Waals surface area contributed by atoms with E-state index in [1.807, 2.05) is 35.2 Å². The number of methoxy groups -OCH3 is 1. The predicted octanol–water partition coefficient (Wildman–Crippen LogP) is 1.83. The van der Waals surface area contributed by atoms with Gasteiger partial charge >= 0.3 is 0 Å². The largest absolute Gasteiger partial charge is 0.497 e. The van der Waals surface area contributed by atoms with Crippen molar-refractivity contribution in [1.29, 1.82) is 0 Å². The highest BCUT2D eigenvalue weighted by molar-refractivity contribution is 6.30. The van der Waals surface area contributed by atoms with Crippen LogP contribution in [0.5, 0.6) is 11.5 Å². The van der Waals surface area contributed by atoms with Gasteiger partial charge in [-0.25, -0.2) is 0 Å². The quantitative estimate of drug-likeness (QED) is 0.850. The fraction of sp³-hybridized carbons (Fsp3) is 0.409. The minimum Gasteiger partial charge on any atom is -0.497 e. The van der Waals surface area contributed by atoms with Gasteiger partial charge in [0.2, 0.25) is 5.91 Å². The first kappa shape index (κ1) is 19.1. The monoisotopic (exact) mass is 401 g/mol. The molecular weight excluding hydrogens is 376 g/mol.